The number of carbonyl (C=O) groups excluding carboxylic acids is 1. The van der Waals surface area contributed by atoms with E-state index in [1.165, 1.54) is 18.2 Å². The molecule has 0 saturated carbocycles. The monoisotopic (exact) mass is 462 g/mol. The molecule has 0 fully saturated rings. The molecule has 0 radical (unpaired) electrons. The van der Waals surface area contributed by atoms with Crippen LogP contribution < -0.4 is 10.0 Å². The molecular weight excluding hydrogens is 443 g/mol. The second-order valence-electron chi connectivity index (χ2n) is 6.80. The molecule has 3 aromatic carbocycles. The summed E-state index contributed by atoms with van der Waals surface area (Å²) in [5.41, 5.74) is 2.36. The molecular formula is C22H20Cl2N2O3S. The third kappa shape index (κ3) is 5.83. The number of aryl methyl sites for hydroxylation is 1. The van der Waals surface area contributed by atoms with Gasteiger partial charge in [-0.1, -0.05) is 65.7 Å². The Morgan fingerprint density at radius 2 is 1.70 bits per heavy atom. The molecule has 1 amide bonds. The van der Waals surface area contributed by atoms with Crippen molar-refractivity contribution in [2.75, 3.05) is 5.32 Å². The largest absolute Gasteiger partial charge is 0.325 e. The number of halogens is 2. The number of nitrogens with one attached hydrogen (secondary N) is 2. The number of hydrogen-bond acceptors (Lipinski definition) is 3. The Hall–Kier alpha value is -2.38. The summed E-state index contributed by atoms with van der Waals surface area (Å²) in [6, 6.07) is 19.5. The summed E-state index contributed by atoms with van der Waals surface area (Å²) in [5, 5.41) is 3.02. The summed E-state index contributed by atoms with van der Waals surface area (Å²) in [4.78, 5) is 12.8. The molecule has 0 bridgehead atoms. The van der Waals surface area contributed by atoms with Crippen LogP contribution in [0.3, 0.4) is 0 Å². The predicted molar refractivity (Wildman–Crippen MR) is 121 cm³/mol. The Bertz CT molecular complexity index is 1150. The number of amides is 1. The molecule has 0 aliphatic heterocycles. The molecule has 3 aromatic rings. The first-order valence-corrected chi connectivity index (χ1v) is 11.4. The van der Waals surface area contributed by atoms with E-state index in [2.05, 4.69) is 10.0 Å². The van der Waals surface area contributed by atoms with Gasteiger partial charge in [0.05, 0.1) is 5.02 Å². The van der Waals surface area contributed by atoms with Gasteiger partial charge >= 0.3 is 0 Å². The third-order valence-electron chi connectivity index (χ3n) is 4.36. The van der Waals surface area contributed by atoms with Crippen LogP contribution in [0.2, 0.25) is 10.0 Å². The number of anilines is 1. The summed E-state index contributed by atoms with van der Waals surface area (Å²) in [6.07, 6.45) is 0.163. The molecule has 0 aromatic heterocycles. The SMILES string of the molecule is Cc1cccc(NC(=O)[C@H](Cc2ccccc2)NS(=O)(=O)c2cc(Cl)ccc2Cl)c1. The van der Waals surface area contributed by atoms with Crippen molar-refractivity contribution in [3.63, 3.8) is 0 Å². The highest BCUT2D eigenvalue weighted by Gasteiger charge is 2.28. The molecule has 156 valence electrons. The summed E-state index contributed by atoms with van der Waals surface area (Å²) in [7, 11) is -4.11. The van der Waals surface area contributed by atoms with Crippen molar-refractivity contribution in [2.24, 2.45) is 0 Å². The van der Waals surface area contributed by atoms with Gasteiger partial charge in [-0.05, 0) is 54.8 Å². The number of carbonyl (C=O) groups is 1. The molecule has 0 unspecified atom stereocenters. The third-order valence-corrected chi connectivity index (χ3v) is 6.55. The standard InChI is InChI=1S/C22H20Cl2N2O3S/c1-15-6-5-9-18(12-15)25-22(27)20(13-16-7-3-2-4-8-16)26-30(28,29)21-14-17(23)10-11-19(21)24/h2-12,14,20,26H,13H2,1H3,(H,25,27)/t20-/m0/s1. The Kier molecular flexibility index (Phi) is 7.15. The fourth-order valence-corrected chi connectivity index (χ4v) is 4.88. The van der Waals surface area contributed by atoms with Gasteiger partial charge in [0.1, 0.15) is 10.9 Å². The second kappa shape index (κ2) is 9.62. The van der Waals surface area contributed by atoms with Gasteiger partial charge in [-0.25, -0.2) is 8.42 Å². The maximum Gasteiger partial charge on any atom is 0.242 e. The van der Waals surface area contributed by atoms with Crippen LogP contribution in [0.4, 0.5) is 5.69 Å². The zero-order valence-corrected chi connectivity index (χ0v) is 18.4. The fraction of sp³-hybridized carbons (Fsp3) is 0.136. The number of sulfonamides is 1. The van der Waals surface area contributed by atoms with Crippen LogP contribution in [0.5, 0.6) is 0 Å². The van der Waals surface area contributed by atoms with Crippen molar-refractivity contribution < 1.29 is 13.2 Å². The molecule has 0 saturated heterocycles. The second-order valence-corrected chi connectivity index (χ2v) is 9.32. The van der Waals surface area contributed by atoms with Gasteiger partial charge in [0.15, 0.2) is 0 Å². The van der Waals surface area contributed by atoms with E-state index in [0.29, 0.717) is 5.69 Å². The lowest BCUT2D eigenvalue weighted by atomic mass is 10.1. The Morgan fingerprint density at radius 3 is 2.40 bits per heavy atom. The van der Waals surface area contributed by atoms with E-state index >= 15 is 0 Å². The van der Waals surface area contributed by atoms with Crippen molar-refractivity contribution in [1.82, 2.24) is 4.72 Å². The fourth-order valence-electron chi connectivity index (χ4n) is 2.92. The normalized spacial score (nSPS) is 12.4. The summed E-state index contributed by atoms with van der Waals surface area (Å²) >= 11 is 12.0. The highest BCUT2D eigenvalue weighted by molar-refractivity contribution is 7.89. The summed E-state index contributed by atoms with van der Waals surface area (Å²) < 4.78 is 28.4. The van der Waals surface area contributed by atoms with Gasteiger partial charge in [-0.3, -0.25) is 4.79 Å². The zero-order chi connectivity index (χ0) is 21.7. The Balaban J connectivity index is 1.90. The number of benzene rings is 3. The Labute approximate surface area is 186 Å². The van der Waals surface area contributed by atoms with E-state index < -0.39 is 22.0 Å². The smallest absolute Gasteiger partial charge is 0.242 e. The van der Waals surface area contributed by atoms with Crippen LogP contribution in [0.15, 0.2) is 77.7 Å². The van der Waals surface area contributed by atoms with Crippen LogP contribution in [0, 0.1) is 6.92 Å². The molecule has 5 nitrogen and oxygen atoms in total. The number of rotatable bonds is 7. The lowest BCUT2D eigenvalue weighted by Crippen LogP contribution is -2.45. The van der Waals surface area contributed by atoms with Gasteiger partial charge in [0.25, 0.3) is 0 Å². The first-order valence-electron chi connectivity index (χ1n) is 9.13. The molecule has 2 N–H and O–H groups in total. The van der Waals surface area contributed by atoms with Crippen molar-refractivity contribution >= 4 is 44.8 Å². The van der Waals surface area contributed by atoms with Crippen LogP contribution in [-0.4, -0.2) is 20.4 Å². The maximum absolute atomic E-state index is 13.0. The van der Waals surface area contributed by atoms with Crippen LogP contribution in [0.25, 0.3) is 0 Å². The minimum Gasteiger partial charge on any atom is -0.325 e. The van der Waals surface area contributed by atoms with E-state index in [1.807, 2.05) is 49.4 Å². The van der Waals surface area contributed by atoms with Crippen LogP contribution in [0.1, 0.15) is 11.1 Å². The van der Waals surface area contributed by atoms with E-state index in [1.54, 1.807) is 12.1 Å². The minimum atomic E-state index is -4.11. The summed E-state index contributed by atoms with van der Waals surface area (Å²) in [5.74, 6) is -0.480. The summed E-state index contributed by atoms with van der Waals surface area (Å²) in [6.45, 7) is 1.90. The number of hydrogen-bond donors (Lipinski definition) is 2. The molecule has 0 aliphatic rings. The molecule has 0 aliphatic carbocycles. The van der Waals surface area contributed by atoms with Crippen molar-refractivity contribution in [1.29, 1.82) is 0 Å². The van der Waals surface area contributed by atoms with Crippen molar-refractivity contribution in [3.05, 3.63) is 94.0 Å². The highest BCUT2D eigenvalue weighted by atomic mass is 35.5. The van der Waals surface area contributed by atoms with Gasteiger partial charge in [-0.15, -0.1) is 0 Å². The van der Waals surface area contributed by atoms with Crippen molar-refractivity contribution in [3.8, 4) is 0 Å². The molecule has 0 spiro atoms. The van der Waals surface area contributed by atoms with Crippen LogP contribution in [-0.2, 0) is 21.2 Å². The molecule has 8 heteroatoms. The molecule has 3 rings (SSSR count). The molecule has 1 atom stereocenters. The van der Waals surface area contributed by atoms with E-state index in [9.17, 15) is 13.2 Å². The highest BCUT2D eigenvalue weighted by Crippen LogP contribution is 2.25. The predicted octanol–water partition coefficient (Wildman–Crippen LogP) is 4.83. The average Bonchev–Trinajstić information content (AvgIpc) is 2.70. The lowest BCUT2D eigenvalue weighted by Gasteiger charge is -2.19. The minimum absolute atomic E-state index is 0.0180. The van der Waals surface area contributed by atoms with Gasteiger partial charge < -0.3 is 5.32 Å². The maximum atomic E-state index is 13.0. The van der Waals surface area contributed by atoms with Crippen LogP contribution >= 0.6 is 23.2 Å². The average molecular weight is 463 g/mol. The first-order chi connectivity index (χ1) is 14.2. The first kappa shape index (κ1) is 22.3. The van der Waals surface area contributed by atoms with E-state index in [0.717, 1.165) is 11.1 Å². The van der Waals surface area contributed by atoms with E-state index in [-0.39, 0.29) is 21.4 Å². The topological polar surface area (TPSA) is 75.3 Å². The van der Waals surface area contributed by atoms with Gasteiger partial charge in [0, 0.05) is 10.7 Å². The molecule has 30 heavy (non-hydrogen) atoms. The van der Waals surface area contributed by atoms with Gasteiger partial charge in [0.2, 0.25) is 15.9 Å². The lowest BCUT2D eigenvalue weighted by molar-refractivity contribution is -0.117. The van der Waals surface area contributed by atoms with E-state index in [4.69, 9.17) is 23.2 Å². The molecule has 0 heterocycles. The van der Waals surface area contributed by atoms with Gasteiger partial charge in [-0.2, -0.15) is 4.72 Å². The quantitative estimate of drug-likeness (QED) is 0.527. The van der Waals surface area contributed by atoms with Crippen molar-refractivity contribution in [2.45, 2.75) is 24.3 Å². The zero-order valence-electron chi connectivity index (χ0n) is 16.1. The Morgan fingerprint density at radius 1 is 0.967 bits per heavy atom.